The van der Waals surface area contributed by atoms with Crippen molar-refractivity contribution in [1.82, 2.24) is 5.32 Å². The molecule has 1 atom stereocenters. The molecule has 0 spiro atoms. The van der Waals surface area contributed by atoms with Gasteiger partial charge in [-0.15, -0.1) is 0 Å². The molecule has 1 aromatic carbocycles. The molecule has 0 bridgehead atoms. The molecular formula is C15H22ClNO2. The van der Waals surface area contributed by atoms with Gasteiger partial charge >= 0.3 is 0 Å². The maximum absolute atomic E-state index is 11.9. The highest BCUT2D eigenvalue weighted by atomic mass is 35.5. The van der Waals surface area contributed by atoms with E-state index in [0.717, 1.165) is 19.3 Å². The first-order valence-electron chi connectivity index (χ1n) is 6.87. The summed E-state index contributed by atoms with van der Waals surface area (Å²) in [6.07, 6.45) is 3.49. The molecule has 0 unspecified atom stereocenters. The van der Waals surface area contributed by atoms with Crippen LogP contribution < -0.4 is 10.1 Å². The van der Waals surface area contributed by atoms with Crippen LogP contribution in [0.25, 0.3) is 0 Å². The molecule has 1 N–H and O–H groups in total. The molecule has 0 aromatic heterocycles. The van der Waals surface area contributed by atoms with Crippen molar-refractivity contribution in [2.24, 2.45) is 0 Å². The first kappa shape index (κ1) is 15.8. The van der Waals surface area contributed by atoms with Crippen molar-refractivity contribution in [3.8, 4) is 5.75 Å². The standard InChI is InChI=1S/C15H22ClNO2/c1-3-5-6-11-17-15(18)14(4-2)19-13-9-7-12(16)8-10-13/h7-10,14H,3-6,11H2,1-2H3,(H,17,18)/t14-/m0/s1. The van der Waals surface area contributed by atoms with Gasteiger partial charge in [0.25, 0.3) is 5.91 Å². The summed E-state index contributed by atoms with van der Waals surface area (Å²) in [5.74, 6) is 0.619. The quantitative estimate of drug-likeness (QED) is 0.737. The zero-order valence-corrected chi connectivity index (χ0v) is 12.4. The first-order chi connectivity index (χ1) is 9.17. The Morgan fingerprint density at radius 3 is 2.53 bits per heavy atom. The molecule has 0 saturated heterocycles. The molecule has 19 heavy (non-hydrogen) atoms. The molecule has 4 heteroatoms. The summed E-state index contributed by atoms with van der Waals surface area (Å²) in [5, 5.41) is 3.57. The van der Waals surface area contributed by atoms with Crippen molar-refractivity contribution in [2.75, 3.05) is 6.54 Å². The van der Waals surface area contributed by atoms with Crippen molar-refractivity contribution >= 4 is 17.5 Å². The molecule has 0 fully saturated rings. The molecule has 0 aliphatic carbocycles. The highest BCUT2D eigenvalue weighted by molar-refractivity contribution is 6.30. The molecule has 1 rings (SSSR count). The van der Waals surface area contributed by atoms with Crippen molar-refractivity contribution in [1.29, 1.82) is 0 Å². The second kappa shape index (κ2) is 8.81. The van der Waals surface area contributed by atoms with Gasteiger partial charge in [0.15, 0.2) is 6.10 Å². The molecular weight excluding hydrogens is 262 g/mol. The number of hydrogen-bond donors (Lipinski definition) is 1. The number of carbonyl (C=O) groups is 1. The zero-order valence-electron chi connectivity index (χ0n) is 11.6. The van der Waals surface area contributed by atoms with E-state index in [1.807, 2.05) is 6.92 Å². The van der Waals surface area contributed by atoms with Gasteiger partial charge in [0.05, 0.1) is 0 Å². The summed E-state index contributed by atoms with van der Waals surface area (Å²) in [5.41, 5.74) is 0. The Morgan fingerprint density at radius 1 is 1.26 bits per heavy atom. The molecule has 1 aromatic rings. The number of halogens is 1. The summed E-state index contributed by atoms with van der Waals surface area (Å²) < 4.78 is 5.67. The van der Waals surface area contributed by atoms with Gasteiger partial charge in [0.1, 0.15) is 5.75 Å². The molecule has 106 valence electrons. The molecule has 0 aliphatic rings. The number of benzene rings is 1. The number of nitrogens with one attached hydrogen (secondary N) is 1. The van der Waals surface area contributed by atoms with Crippen LogP contribution in [0.15, 0.2) is 24.3 Å². The third-order valence-electron chi connectivity index (χ3n) is 2.83. The first-order valence-corrected chi connectivity index (χ1v) is 7.25. The van der Waals surface area contributed by atoms with Gasteiger partial charge in [0, 0.05) is 11.6 Å². The van der Waals surface area contributed by atoms with Crippen LogP contribution >= 0.6 is 11.6 Å². The highest BCUT2D eigenvalue weighted by Gasteiger charge is 2.17. The Bertz CT molecular complexity index is 378. The van der Waals surface area contributed by atoms with Crippen LogP contribution in [-0.2, 0) is 4.79 Å². The molecule has 0 aliphatic heterocycles. The van der Waals surface area contributed by atoms with E-state index in [0.29, 0.717) is 23.7 Å². The molecule has 1 amide bonds. The van der Waals surface area contributed by atoms with E-state index < -0.39 is 6.10 Å². The van der Waals surface area contributed by atoms with E-state index in [4.69, 9.17) is 16.3 Å². The van der Waals surface area contributed by atoms with E-state index >= 15 is 0 Å². The Balaban J connectivity index is 2.43. The smallest absolute Gasteiger partial charge is 0.261 e. The van der Waals surface area contributed by atoms with E-state index in [1.54, 1.807) is 24.3 Å². The van der Waals surface area contributed by atoms with Crippen LogP contribution in [0, 0.1) is 0 Å². The largest absolute Gasteiger partial charge is 0.481 e. The van der Waals surface area contributed by atoms with Crippen LogP contribution in [0.3, 0.4) is 0 Å². The number of carbonyl (C=O) groups excluding carboxylic acids is 1. The number of rotatable bonds is 8. The van der Waals surface area contributed by atoms with Crippen LogP contribution in [0.1, 0.15) is 39.5 Å². The lowest BCUT2D eigenvalue weighted by molar-refractivity contribution is -0.128. The maximum Gasteiger partial charge on any atom is 0.261 e. The fraction of sp³-hybridized carbons (Fsp3) is 0.533. The Kier molecular flexibility index (Phi) is 7.34. The molecule has 0 heterocycles. The number of ether oxygens (including phenoxy) is 1. The van der Waals surface area contributed by atoms with Crippen LogP contribution in [0.5, 0.6) is 5.75 Å². The second-order valence-electron chi connectivity index (χ2n) is 4.47. The summed E-state index contributed by atoms with van der Waals surface area (Å²) >= 11 is 5.81. The maximum atomic E-state index is 11.9. The lowest BCUT2D eigenvalue weighted by atomic mass is 10.2. The normalized spacial score (nSPS) is 11.9. The van der Waals surface area contributed by atoms with Gasteiger partial charge in [0.2, 0.25) is 0 Å². The van der Waals surface area contributed by atoms with Crippen LogP contribution in [0.2, 0.25) is 5.02 Å². The van der Waals surface area contributed by atoms with Crippen molar-refractivity contribution in [3.05, 3.63) is 29.3 Å². The summed E-state index contributed by atoms with van der Waals surface area (Å²) in [6, 6.07) is 7.05. The minimum absolute atomic E-state index is 0.0476. The highest BCUT2D eigenvalue weighted by Crippen LogP contribution is 2.17. The van der Waals surface area contributed by atoms with E-state index in [1.165, 1.54) is 0 Å². The fourth-order valence-corrected chi connectivity index (χ4v) is 1.83. The average molecular weight is 284 g/mol. The number of unbranched alkanes of at least 4 members (excludes halogenated alkanes) is 2. The van der Waals surface area contributed by atoms with Crippen molar-refractivity contribution < 1.29 is 9.53 Å². The van der Waals surface area contributed by atoms with Gasteiger partial charge in [-0.3, -0.25) is 4.79 Å². The van der Waals surface area contributed by atoms with Crippen molar-refractivity contribution in [3.63, 3.8) is 0 Å². The zero-order chi connectivity index (χ0) is 14.1. The van der Waals surface area contributed by atoms with Crippen LogP contribution in [-0.4, -0.2) is 18.6 Å². The van der Waals surface area contributed by atoms with Gasteiger partial charge < -0.3 is 10.1 Å². The number of hydrogen-bond acceptors (Lipinski definition) is 2. The lowest BCUT2D eigenvalue weighted by Gasteiger charge is -2.17. The van der Waals surface area contributed by atoms with Gasteiger partial charge in [-0.2, -0.15) is 0 Å². The molecule has 3 nitrogen and oxygen atoms in total. The minimum Gasteiger partial charge on any atom is -0.481 e. The third kappa shape index (κ3) is 5.97. The number of amides is 1. The third-order valence-corrected chi connectivity index (χ3v) is 3.09. The van der Waals surface area contributed by atoms with Gasteiger partial charge in [-0.25, -0.2) is 0 Å². The van der Waals surface area contributed by atoms with E-state index in [-0.39, 0.29) is 5.91 Å². The topological polar surface area (TPSA) is 38.3 Å². The predicted octanol–water partition coefficient (Wildman–Crippen LogP) is 3.80. The second-order valence-corrected chi connectivity index (χ2v) is 4.90. The average Bonchev–Trinajstić information content (AvgIpc) is 2.42. The Hall–Kier alpha value is -1.22. The summed E-state index contributed by atoms with van der Waals surface area (Å²) in [6.45, 7) is 4.79. The van der Waals surface area contributed by atoms with Crippen molar-refractivity contribution in [2.45, 2.75) is 45.6 Å². The molecule has 0 saturated carbocycles. The van der Waals surface area contributed by atoms with E-state index in [9.17, 15) is 4.79 Å². The predicted molar refractivity (Wildman–Crippen MR) is 78.7 cm³/mol. The Labute approximate surface area is 120 Å². The summed E-state index contributed by atoms with van der Waals surface area (Å²) in [7, 11) is 0. The Morgan fingerprint density at radius 2 is 1.95 bits per heavy atom. The minimum atomic E-state index is -0.442. The van der Waals surface area contributed by atoms with Gasteiger partial charge in [-0.05, 0) is 37.1 Å². The fourth-order valence-electron chi connectivity index (χ4n) is 1.70. The summed E-state index contributed by atoms with van der Waals surface area (Å²) in [4.78, 5) is 11.9. The monoisotopic (exact) mass is 283 g/mol. The lowest BCUT2D eigenvalue weighted by Crippen LogP contribution is -2.38. The van der Waals surface area contributed by atoms with Gasteiger partial charge in [-0.1, -0.05) is 38.3 Å². The molecule has 0 radical (unpaired) electrons. The SMILES string of the molecule is CCCCCNC(=O)[C@H](CC)Oc1ccc(Cl)cc1. The van der Waals surface area contributed by atoms with E-state index in [2.05, 4.69) is 12.2 Å². The van der Waals surface area contributed by atoms with Crippen LogP contribution in [0.4, 0.5) is 0 Å².